The van der Waals surface area contributed by atoms with Gasteiger partial charge in [-0.1, -0.05) is 0 Å². The quantitative estimate of drug-likeness (QED) is 0.652. The van der Waals surface area contributed by atoms with Crippen LogP contribution in [0.4, 0.5) is 10.1 Å². The molecular weight excluding hydrogens is 369 g/mol. The van der Waals surface area contributed by atoms with E-state index in [0.717, 1.165) is 4.90 Å². The third-order valence-corrected chi connectivity index (χ3v) is 4.85. The Hall–Kier alpha value is -2.93. The van der Waals surface area contributed by atoms with E-state index in [2.05, 4.69) is 5.32 Å². The van der Waals surface area contributed by atoms with Crippen LogP contribution in [0.25, 0.3) is 11.3 Å². The number of nitrogens with one attached hydrogen (secondary N) is 1. The Bertz CT molecular complexity index is 984. The van der Waals surface area contributed by atoms with Gasteiger partial charge in [-0.15, -0.1) is 11.8 Å². The Balaban J connectivity index is 1.57. The first kappa shape index (κ1) is 17.5. The topological polar surface area (TPSA) is 60.7 Å². The number of fused-ring (bicyclic) bond motifs is 1. The van der Waals surface area contributed by atoms with E-state index in [1.54, 1.807) is 30.3 Å². The fourth-order valence-electron chi connectivity index (χ4n) is 2.75. The van der Waals surface area contributed by atoms with E-state index >= 15 is 0 Å². The summed E-state index contributed by atoms with van der Waals surface area (Å²) >= 11 is 1.49. The number of furan rings is 1. The molecule has 0 spiro atoms. The van der Waals surface area contributed by atoms with Crippen LogP contribution in [0.5, 0.6) is 11.5 Å². The van der Waals surface area contributed by atoms with E-state index in [4.69, 9.17) is 13.9 Å². The third kappa shape index (κ3) is 3.64. The molecule has 0 aliphatic carbocycles. The van der Waals surface area contributed by atoms with Gasteiger partial charge < -0.3 is 19.2 Å². The monoisotopic (exact) mass is 385 g/mol. The number of rotatable bonds is 4. The highest BCUT2D eigenvalue weighted by Gasteiger charge is 2.19. The zero-order valence-electron chi connectivity index (χ0n) is 14.5. The maximum Gasteiger partial charge on any atom is 0.291 e. The number of hydrogen-bond acceptors (Lipinski definition) is 5. The van der Waals surface area contributed by atoms with Crippen LogP contribution in [0.2, 0.25) is 0 Å². The largest absolute Gasteiger partial charge is 0.486 e. The second-order valence-corrected chi connectivity index (χ2v) is 6.67. The minimum absolute atomic E-state index is 0.163. The normalized spacial score (nSPS) is 12.7. The molecule has 1 amide bonds. The van der Waals surface area contributed by atoms with Crippen molar-refractivity contribution in [1.29, 1.82) is 0 Å². The maximum atomic E-state index is 13.1. The first-order chi connectivity index (χ1) is 13.1. The van der Waals surface area contributed by atoms with E-state index in [1.807, 2.05) is 12.3 Å². The molecule has 27 heavy (non-hydrogen) atoms. The van der Waals surface area contributed by atoms with Gasteiger partial charge in [-0.05, 0) is 48.7 Å². The van der Waals surface area contributed by atoms with E-state index in [0.29, 0.717) is 41.7 Å². The molecule has 0 fully saturated rings. The summed E-state index contributed by atoms with van der Waals surface area (Å²) in [5.41, 5.74) is 1.32. The van der Waals surface area contributed by atoms with Crippen LogP contribution in [0.1, 0.15) is 10.6 Å². The fourth-order valence-corrected chi connectivity index (χ4v) is 3.30. The molecule has 3 aromatic rings. The van der Waals surface area contributed by atoms with Crippen molar-refractivity contribution >= 4 is 23.4 Å². The Morgan fingerprint density at radius 3 is 2.44 bits per heavy atom. The van der Waals surface area contributed by atoms with Gasteiger partial charge in [-0.3, -0.25) is 4.79 Å². The smallest absolute Gasteiger partial charge is 0.291 e. The second-order valence-electron chi connectivity index (χ2n) is 5.82. The standard InChI is InChI=1S/C20H16FNO4S/c1-27-19-11-18-17(24-8-9-25-18)10-14(19)22-20(23)16-7-6-15(26-16)12-2-4-13(21)5-3-12/h2-7,10-11H,8-9H2,1H3,(H,22,23). The molecule has 7 heteroatoms. The van der Waals surface area contributed by atoms with Crippen LogP contribution in [0.15, 0.2) is 57.8 Å². The summed E-state index contributed by atoms with van der Waals surface area (Å²) in [4.78, 5) is 13.5. The predicted octanol–water partition coefficient (Wildman–Crippen LogP) is 4.83. The van der Waals surface area contributed by atoms with Gasteiger partial charge in [0.15, 0.2) is 17.3 Å². The molecule has 5 nitrogen and oxygen atoms in total. The summed E-state index contributed by atoms with van der Waals surface area (Å²) in [5.74, 6) is 1.21. The number of thioether (sulfide) groups is 1. The highest BCUT2D eigenvalue weighted by molar-refractivity contribution is 7.98. The Morgan fingerprint density at radius 1 is 1.04 bits per heavy atom. The first-order valence-electron chi connectivity index (χ1n) is 8.29. The van der Waals surface area contributed by atoms with Crippen molar-refractivity contribution < 1.29 is 23.1 Å². The van der Waals surface area contributed by atoms with Crippen molar-refractivity contribution in [3.05, 3.63) is 60.1 Å². The van der Waals surface area contributed by atoms with Crippen molar-refractivity contribution in [3.8, 4) is 22.8 Å². The average molecular weight is 385 g/mol. The molecule has 1 N–H and O–H groups in total. The molecule has 0 radical (unpaired) electrons. The molecule has 0 saturated heterocycles. The van der Waals surface area contributed by atoms with E-state index in [9.17, 15) is 9.18 Å². The molecule has 1 aromatic heterocycles. The minimum Gasteiger partial charge on any atom is -0.486 e. The minimum atomic E-state index is -0.379. The van der Waals surface area contributed by atoms with Crippen LogP contribution in [-0.4, -0.2) is 25.4 Å². The summed E-state index contributed by atoms with van der Waals surface area (Å²) in [6.45, 7) is 0.975. The van der Waals surface area contributed by atoms with Gasteiger partial charge in [0.2, 0.25) is 0 Å². The molecule has 0 saturated carbocycles. The number of carbonyl (C=O) groups is 1. The molecule has 138 valence electrons. The summed E-state index contributed by atoms with van der Waals surface area (Å²) in [7, 11) is 0. The summed E-state index contributed by atoms with van der Waals surface area (Å²) in [6, 6.07) is 12.8. The van der Waals surface area contributed by atoms with E-state index in [1.165, 1.54) is 23.9 Å². The van der Waals surface area contributed by atoms with Crippen molar-refractivity contribution in [1.82, 2.24) is 0 Å². The van der Waals surface area contributed by atoms with Gasteiger partial charge in [0.25, 0.3) is 5.91 Å². The Morgan fingerprint density at radius 2 is 1.74 bits per heavy atom. The average Bonchev–Trinajstić information content (AvgIpc) is 3.18. The zero-order valence-corrected chi connectivity index (χ0v) is 15.3. The second kappa shape index (κ2) is 7.36. The van der Waals surface area contributed by atoms with E-state index in [-0.39, 0.29) is 17.5 Å². The summed E-state index contributed by atoms with van der Waals surface area (Å²) in [6.07, 6.45) is 1.92. The molecule has 2 aromatic carbocycles. The van der Waals surface area contributed by atoms with Crippen molar-refractivity contribution in [2.75, 3.05) is 24.8 Å². The molecule has 0 bridgehead atoms. The van der Waals surface area contributed by atoms with Crippen LogP contribution in [0.3, 0.4) is 0 Å². The zero-order chi connectivity index (χ0) is 18.8. The Labute approximate surface area is 159 Å². The number of halogens is 1. The number of benzene rings is 2. The molecule has 0 atom stereocenters. The molecular formula is C20H16FNO4S. The lowest BCUT2D eigenvalue weighted by atomic mass is 10.2. The highest BCUT2D eigenvalue weighted by Crippen LogP contribution is 2.39. The van der Waals surface area contributed by atoms with Crippen LogP contribution < -0.4 is 14.8 Å². The molecule has 1 aliphatic heterocycles. The lowest BCUT2D eigenvalue weighted by Crippen LogP contribution is -2.17. The number of hydrogen-bond donors (Lipinski definition) is 1. The van der Waals surface area contributed by atoms with Crippen LogP contribution >= 0.6 is 11.8 Å². The number of ether oxygens (including phenoxy) is 2. The third-order valence-electron chi connectivity index (χ3n) is 4.07. The lowest BCUT2D eigenvalue weighted by molar-refractivity contribution is 0.0997. The van der Waals surface area contributed by atoms with Gasteiger partial charge >= 0.3 is 0 Å². The lowest BCUT2D eigenvalue weighted by Gasteiger charge is -2.20. The van der Waals surface area contributed by atoms with Gasteiger partial charge in [0.1, 0.15) is 24.8 Å². The maximum absolute atomic E-state index is 13.1. The number of amides is 1. The predicted molar refractivity (Wildman–Crippen MR) is 101 cm³/mol. The molecule has 4 rings (SSSR count). The number of anilines is 1. The van der Waals surface area contributed by atoms with Crippen LogP contribution in [0, 0.1) is 5.82 Å². The van der Waals surface area contributed by atoms with Gasteiger partial charge in [0, 0.05) is 16.5 Å². The van der Waals surface area contributed by atoms with E-state index < -0.39 is 0 Å². The summed E-state index contributed by atoms with van der Waals surface area (Å²) < 4.78 is 29.8. The fraction of sp³-hybridized carbons (Fsp3) is 0.150. The van der Waals surface area contributed by atoms with Crippen molar-refractivity contribution in [2.24, 2.45) is 0 Å². The summed E-state index contributed by atoms with van der Waals surface area (Å²) in [5, 5.41) is 2.85. The molecule has 1 aliphatic rings. The van der Waals surface area contributed by atoms with Gasteiger partial charge in [-0.25, -0.2) is 4.39 Å². The van der Waals surface area contributed by atoms with Gasteiger partial charge in [0.05, 0.1) is 5.69 Å². The van der Waals surface area contributed by atoms with Gasteiger partial charge in [-0.2, -0.15) is 0 Å². The molecule has 2 heterocycles. The van der Waals surface area contributed by atoms with Crippen molar-refractivity contribution in [3.63, 3.8) is 0 Å². The van der Waals surface area contributed by atoms with Crippen LogP contribution in [-0.2, 0) is 0 Å². The highest BCUT2D eigenvalue weighted by atomic mass is 32.2. The van der Waals surface area contributed by atoms with Crippen molar-refractivity contribution in [2.45, 2.75) is 4.90 Å². The Kier molecular flexibility index (Phi) is 4.77. The SMILES string of the molecule is CSc1cc2c(cc1NC(=O)c1ccc(-c3ccc(F)cc3)o1)OCCO2. The number of carbonyl (C=O) groups excluding carboxylic acids is 1. The first-order valence-corrected chi connectivity index (χ1v) is 9.51. The molecule has 0 unspecified atom stereocenters.